The van der Waals surface area contributed by atoms with Crippen molar-refractivity contribution in [3.8, 4) is 0 Å². The zero-order valence-corrected chi connectivity index (χ0v) is 16.3. The smallest absolute Gasteiger partial charge is 0.277 e. The highest BCUT2D eigenvalue weighted by Gasteiger charge is 2.55. The number of alkyl halides is 2. The Morgan fingerprint density at radius 3 is 1.93 bits per heavy atom. The highest BCUT2D eigenvalue weighted by Crippen LogP contribution is 2.46. The molecule has 2 unspecified atom stereocenters. The monoisotopic (exact) mass is 426 g/mol. The Bertz CT molecular complexity index is 754. The molecule has 2 aliphatic heterocycles. The van der Waals surface area contributed by atoms with Crippen molar-refractivity contribution in [1.82, 2.24) is 0 Å². The minimum Gasteiger partial charge on any atom is -0.394 e. The Kier molecular flexibility index (Phi) is 5.66. The molecule has 0 aromatic heterocycles. The van der Waals surface area contributed by atoms with E-state index in [4.69, 9.17) is 42.1 Å². The lowest BCUT2D eigenvalue weighted by molar-refractivity contribution is -0.305. The average Bonchev–Trinajstić information content (AvgIpc) is 3.09. The van der Waals surface area contributed by atoms with Crippen LogP contribution in [0.25, 0.3) is 0 Å². The molecule has 150 valence electrons. The quantitative estimate of drug-likeness (QED) is 0.731. The van der Waals surface area contributed by atoms with Crippen molar-refractivity contribution in [1.29, 1.82) is 0 Å². The molecular weight excluding hydrogens is 407 g/mol. The summed E-state index contributed by atoms with van der Waals surface area (Å²) in [6.45, 7) is -0.457. The number of benzene rings is 2. The minimum absolute atomic E-state index is 0.0817. The van der Waals surface area contributed by atoms with Crippen molar-refractivity contribution >= 4 is 23.2 Å². The molecule has 0 spiro atoms. The third kappa shape index (κ3) is 3.67. The Morgan fingerprint density at radius 2 is 1.36 bits per heavy atom. The summed E-state index contributed by atoms with van der Waals surface area (Å²) >= 11 is 13.1. The van der Waals surface area contributed by atoms with E-state index >= 15 is 0 Å². The first-order chi connectivity index (χ1) is 13.5. The van der Waals surface area contributed by atoms with Crippen LogP contribution in [0.2, 0.25) is 0 Å². The summed E-state index contributed by atoms with van der Waals surface area (Å²) in [5.41, 5.74) is 1.15. The van der Waals surface area contributed by atoms with Gasteiger partial charge in [0.05, 0.1) is 13.2 Å². The Morgan fingerprint density at radius 1 is 0.821 bits per heavy atom. The normalized spacial score (nSPS) is 38.4. The summed E-state index contributed by atoms with van der Waals surface area (Å²) in [6.07, 6.45) is -3.68. The molecular formula is C20H20Cl2O6. The zero-order valence-electron chi connectivity index (χ0n) is 14.8. The SMILES string of the molecule is OC[C@@H]1OC(Cl)(c2ccccc2)O[C@@H]1[C@H]1OC(Cl)(c2ccccc2)OC[C@H]1O. The van der Waals surface area contributed by atoms with Crippen LogP contribution in [0.3, 0.4) is 0 Å². The van der Waals surface area contributed by atoms with E-state index in [-0.39, 0.29) is 13.2 Å². The molecule has 0 bridgehead atoms. The van der Waals surface area contributed by atoms with Gasteiger partial charge < -0.3 is 29.2 Å². The van der Waals surface area contributed by atoms with Gasteiger partial charge in [-0.25, -0.2) is 0 Å². The summed E-state index contributed by atoms with van der Waals surface area (Å²) in [5, 5.41) is 17.1. The predicted octanol–water partition coefficient (Wildman–Crippen LogP) is 2.64. The van der Waals surface area contributed by atoms with Gasteiger partial charge in [-0.2, -0.15) is 0 Å². The molecule has 2 aromatic rings. The number of ether oxygens (including phenoxy) is 4. The number of hydrogen-bond donors (Lipinski definition) is 2. The van der Waals surface area contributed by atoms with Gasteiger partial charge in [-0.3, -0.25) is 0 Å². The second-order valence-corrected chi connectivity index (χ2v) is 7.68. The molecule has 28 heavy (non-hydrogen) atoms. The molecule has 4 rings (SSSR count). The fourth-order valence-electron chi connectivity index (χ4n) is 3.38. The van der Waals surface area contributed by atoms with E-state index in [0.29, 0.717) is 11.1 Å². The molecule has 8 heteroatoms. The van der Waals surface area contributed by atoms with E-state index in [2.05, 4.69) is 0 Å². The summed E-state index contributed by atoms with van der Waals surface area (Å²) in [5.74, 6) is 0. The number of halogens is 2. The lowest BCUT2D eigenvalue weighted by Crippen LogP contribution is -2.55. The van der Waals surface area contributed by atoms with Crippen LogP contribution in [-0.4, -0.2) is 47.8 Å². The van der Waals surface area contributed by atoms with Gasteiger partial charge in [0, 0.05) is 11.1 Å². The van der Waals surface area contributed by atoms with Crippen molar-refractivity contribution < 1.29 is 29.2 Å². The van der Waals surface area contributed by atoms with Gasteiger partial charge in [0.25, 0.3) is 10.5 Å². The average molecular weight is 427 g/mol. The molecule has 0 radical (unpaired) electrons. The maximum absolute atomic E-state index is 10.5. The van der Waals surface area contributed by atoms with Crippen molar-refractivity contribution in [2.75, 3.05) is 13.2 Å². The first kappa shape index (κ1) is 20.1. The van der Waals surface area contributed by atoms with Crippen molar-refractivity contribution in [3.05, 3.63) is 71.8 Å². The molecule has 2 saturated heterocycles. The van der Waals surface area contributed by atoms with E-state index in [1.807, 2.05) is 12.1 Å². The van der Waals surface area contributed by atoms with Crippen LogP contribution in [0.1, 0.15) is 11.1 Å². The topological polar surface area (TPSA) is 77.4 Å². The first-order valence-corrected chi connectivity index (χ1v) is 9.66. The van der Waals surface area contributed by atoms with E-state index in [1.165, 1.54) is 0 Å². The molecule has 2 fully saturated rings. The predicted molar refractivity (Wildman–Crippen MR) is 102 cm³/mol. The van der Waals surface area contributed by atoms with Crippen LogP contribution in [0.4, 0.5) is 0 Å². The highest BCUT2D eigenvalue weighted by atomic mass is 35.5. The molecule has 0 amide bonds. The van der Waals surface area contributed by atoms with Gasteiger partial charge >= 0.3 is 0 Å². The Labute approximate surface area is 172 Å². The largest absolute Gasteiger partial charge is 0.394 e. The van der Waals surface area contributed by atoms with E-state index in [0.717, 1.165) is 0 Å². The van der Waals surface area contributed by atoms with Crippen LogP contribution in [0, 0.1) is 0 Å². The molecule has 2 N–H and O–H groups in total. The molecule has 0 saturated carbocycles. The van der Waals surface area contributed by atoms with Crippen molar-refractivity contribution in [2.45, 2.75) is 34.9 Å². The van der Waals surface area contributed by atoms with Gasteiger partial charge in [-0.1, -0.05) is 83.9 Å². The molecule has 6 atom stereocenters. The van der Waals surface area contributed by atoms with Crippen LogP contribution in [0.5, 0.6) is 0 Å². The Hall–Kier alpha value is -1.22. The summed E-state index contributed by atoms with van der Waals surface area (Å²) in [6, 6.07) is 17.9. The Balaban J connectivity index is 1.61. The molecule has 0 aliphatic carbocycles. The molecule has 2 heterocycles. The second kappa shape index (κ2) is 7.89. The number of hydrogen-bond acceptors (Lipinski definition) is 6. The van der Waals surface area contributed by atoms with Gasteiger partial charge in [-0.15, -0.1) is 0 Å². The highest BCUT2D eigenvalue weighted by molar-refractivity contribution is 6.22. The van der Waals surface area contributed by atoms with E-state index in [9.17, 15) is 10.2 Å². The van der Waals surface area contributed by atoms with Gasteiger partial charge in [0.15, 0.2) is 0 Å². The molecule has 2 aliphatic rings. The van der Waals surface area contributed by atoms with Crippen LogP contribution >= 0.6 is 23.2 Å². The first-order valence-electron chi connectivity index (χ1n) is 8.90. The summed E-state index contributed by atoms with van der Waals surface area (Å²) in [7, 11) is 0. The van der Waals surface area contributed by atoms with Gasteiger partial charge in [0.1, 0.15) is 24.4 Å². The lowest BCUT2D eigenvalue weighted by atomic mass is 10.0. The second-order valence-electron chi connectivity index (χ2n) is 6.69. The van der Waals surface area contributed by atoms with Crippen molar-refractivity contribution in [2.24, 2.45) is 0 Å². The van der Waals surface area contributed by atoms with Crippen molar-refractivity contribution in [3.63, 3.8) is 0 Å². The standard InChI is InChI=1S/C20H20Cl2O6/c21-19(13-7-3-1-4-8-13)25-12-15(24)17(27-19)18-16(11-23)26-20(22,28-18)14-9-5-2-6-10-14/h1-10,15-18,23-24H,11-12H2/t15-,16+,17+,18+,19?,20?/m1/s1. The minimum atomic E-state index is -1.61. The van der Waals surface area contributed by atoms with Gasteiger partial charge in [0.2, 0.25) is 0 Å². The summed E-state index contributed by atoms with van der Waals surface area (Å²) in [4.78, 5) is 0. The molecule has 6 nitrogen and oxygen atoms in total. The van der Waals surface area contributed by atoms with Crippen LogP contribution < -0.4 is 0 Å². The van der Waals surface area contributed by atoms with Crippen LogP contribution in [0.15, 0.2) is 60.7 Å². The van der Waals surface area contributed by atoms with Crippen LogP contribution in [-0.2, 0) is 29.4 Å². The molecule has 2 aromatic carbocycles. The number of aliphatic hydroxyl groups is 2. The lowest BCUT2D eigenvalue weighted by Gasteiger charge is -2.41. The maximum Gasteiger partial charge on any atom is 0.277 e. The maximum atomic E-state index is 10.5. The third-order valence-electron chi connectivity index (χ3n) is 4.80. The van der Waals surface area contributed by atoms with Gasteiger partial charge in [-0.05, 0) is 0 Å². The number of rotatable bonds is 4. The fourth-order valence-corrected chi connectivity index (χ4v) is 4.02. The number of aliphatic hydroxyl groups excluding tert-OH is 2. The summed E-state index contributed by atoms with van der Waals surface area (Å²) < 4.78 is 23.2. The van der Waals surface area contributed by atoms with E-state index in [1.54, 1.807) is 48.5 Å². The third-order valence-corrected chi connectivity index (χ3v) is 5.62. The zero-order chi connectivity index (χ0) is 19.8. The fraction of sp³-hybridized carbons (Fsp3) is 0.400. The van der Waals surface area contributed by atoms with E-state index < -0.39 is 34.9 Å².